The van der Waals surface area contributed by atoms with Crippen molar-refractivity contribution < 1.29 is 38.5 Å². The smallest absolute Gasteiger partial charge is 0.305 e. The van der Waals surface area contributed by atoms with Crippen molar-refractivity contribution in [1.29, 1.82) is 0 Å². The summed E-state index contributed by atoms with van der Waals surface area (Å²) in [5, 5.41) is 15.1. The van der Waals surface area contributed by atoms with Gasteiger partial charge in [0.25, 0.3) is 17.7 Å². The number of nitrogens with zero attached hydrogens (tertiary/aromatic N) is 2. The summed E-state index contributed by atoms with van der Waals surface area (Å²) in [5.41, 5.74) is 4.87. The number of amides is 3. The highest BCUT2D eigenvalue weighted by Gasteiger charge is 2.23. The number of carboxylic acid groups (broad SMARTS) is 1. The van der Waals surface area contributed by atoms with Crippen LogP contribution in [0.2, 0.25) is 5.02 Å². The molecular weight excluding hydrogens is 700 g/mol. The number of ether oxygens (including phenoxy) is 3. The molecule has 53 heavy (non-hydrogen) atoms. The molecular formula is C40H43ClN4O8. The van der Waals surface area contributed by atoms with Gasteiger partial charge in [-0.15, -0.1) is 0 Å². The van der Waals surface area contributed by atoms with Crippen LogP contribution in [0.15, 0.2) is 85.1 Å². The van der Waals surface area contributed by atoms with E-state index < -0.39 is 11.9 Å². The SMILES string of the molecule is CN(CCOCCOCCOCCC(=O)O)C(=O)c1cccc(C(=O)Nc2ccc(Cl)cc2-c2cc(C(=O)N[C@H]3CCCc4ccccc43)ccn2)c1. The number of aromatic nitrogens is 1. The number of aryl methyl sites for hydroxylation is 1. The Labute approximate surface area is 313 Å². The molecule has 0 saturated heterocycles. The third-order valence-electron chi connectivity index (χ3n) is 8.70. The number of nitrogens with one attached hydrogen (secondary N) is 2. The summed E-state index contributed by atoms with van der Waals surface area (Å²) in [7, 11) is 1.65. The number of halogens is 1. The van der Waals surface area contributed by atoms with E-state index in [0.717, 1.165) is 24.8 Å². The number of pyridine rings is 1. The number of carbonyl (C=O) groups is 4. The van der Waals surface area contributed by atoms with Crippen molar-refractivity contribution in [2.24, 2.45) is 0 Å². The highest BCUT2D eigenvalue weighted by molar-refractivity contribution is 6.31. The van der Waals surface area contributed by atoms with E-state index in [1.54, 1.807) is 61.8 Å². The van der Waals surface area contributed by atoms with Crippen LogP contribution in [0.1, 0.15) is 67.5 Å². The first kappa shape index (κ1) is 39.1. The normalized spacial score (nSPS) is 13.5. The van der Waals surface area contributed by atoms with Gasteiger partial charge in [0.2, 0.25) is 0 Å². The summed E-state index contributed by atoms with van der Waals surface area (Å²) in [6.45, 7) is 2.01. The summed E-state index contributed by atoms with van der Waals surface area (Å²) in [6, 6.07) is 22.9. The fourth-order valence-corrected chi connectivity index (χ4v) is 6.09. The van der Waals surface area contributed by atoms with E-state index in [9.17, 15) is 19.2 Å². The van der Waals surface area contributed by atoms with E-state index in [2.05, 4.69) is 27.8 Å². The predicted molar refractivity (Wildman–Crippen MR) is 200 cm³/mol. The number of fused-ring (bicyclic) bond motifs is 1. The molecule has 3 aromatic carbocycles. The van der Waals surface area contributed by atoms with Crippen molar-refractivity contribution in [2.45, 2.75) is 31.7 Å². The third kappa shape index (κ3) is 11.4. The molecule has 1 heterocycles. The molecule has 5 rings (SSSR count). The average Bonchev–Trinajstić information content (AvgIpc) is 3.17. The maximum Gasteiger partial charge on any atom is 0.305 e. The number of aliphatic carboxylic acids is 1. The van der Waals surface area contributed by atoms with Crippen LogP contribution in [-0.4, -0.2) is 91.9 Å². The Balaban J connectivity index is 1.15. The number of carboxylic acids is 1. The summed E-state index contributed by atoms with van der Waals surface area (Å²) >= 11 is 6.38. The van der Waals surface area contributed by atoms with Crippen molar-refractivity contribution in [3.8, 4) is 11.3 Å². The van der Waals surface area contributed by atoms with Crippen LogP contribution in [0.25, 0.3) is 11.3 Å². The fraction of sp³-hybridized carbons (Fsp3) is 0.325. The molecule has 4 aromatic rings. The minimum Gasteiger partial charge on any atom is -0.481 e. The molecule has 13 heteroatoms. The number of hydrogen-bond acceptors (Lipinski definition) is 8. The van der Waals surface area contributed by atoms with Crippen LogP contribution in [0, 0.1) is 0 Å². The topological polar surface area (TPSA) is 156 Å². The molecule has 1 aromatic heterocycles. The fourth-order valence-electron chi connectivity index (χ4n) is 5.91. The Kier molecular flexibility index (Phi) is 14.5. The van der Waals surface area contributed by atoms with Gasteiger partial charge in [-0.25, -0.2) is 0 Å². The monoisotopic (exact) mass is 742 g/mol. The molecule has 12 nitrogen and oxygen atoms in total. The number of likely N-dealkylation sites (N-methyl/N-ethyl adjacent to an activating group) is 1. The van der Waals surface area contributed by atoms with Crippen LogP contribution in [0.4, 0.5) is 5.69 Å². The first-order valence-electron chi connectivity index (χ1n) is 17.5. The van der Waals surface area contributed by atoms with Gasteiger partial charge in [-0.05, 0) is 78.9 Å². The number of rotatable bonds is 18. The van der Waals surface area contributed by atoms with Gasteiger partial charge in [0.1, 0.15) is 0 Å². The minimum atomic E-state index is -0.911. The molecule has 3 N–H and O–H groups in total. The molecule has 3 amide bonds. The van der Waals surface area contributed by atoms with E-state index in [1.807, 2.05) is 12.1 Å². The van der Waals surface area contributed by atoms with Gasteiger partial charge >= 0.3 is 5.97 Å². The number of benzene rings is 3. The van der Waals surface area contributed by atoms with Crippen molar-refractivity contribution in [2.75, 3.05) is 58.6 Å². The highest BCUT2D eigenvalue weighted by Crippen LogP contribution is 2.32. The zero-order valence-corrected chi connectivity index (χ0v) is 30.3. The first-order chi connectivity index (χ1) is 25.7. The van der Waals surface area contributed by atoms with Gasteiger partial charge in [0.15, 0.2) is 0 Å². The molecule has 0 bridgehead atoms. The lowest BCUT2D eigenvalue weighted by Gasteiger charge is -2.26. The Morgan fingerprint density at radius 1 is 0.830 bits per heavy atom. The largest absolute Gasteiger partial charge is 0.481 e. The van der Waals surface area contributed by atoms with Crippen LogP contribution < -0.4 is 10.6 Å². The predicted octanol–water partition coefficient (Wildman–Crippen LogP) is 6.06. The van der Waals surface area contributed by atoms with E-state index >= 15 is 0 Å². The number of carbonyl (C=O) groups excluding carboxylic acids is 3. The summed E-state index contributed by atoms with van der Waals surface area (Å²) in [4.78, 5) is 56.6. The maximum atomic E-state index is 13.5. The van der Waals surface area contributed by atoms with Gasteiger partial charge in [0.05, 0.1) is 63.5 Å². The van der Waals surface area contributed by atoms with Gasteiger partial charge in [-0.1, -0.05) is 41.9 Å². The second kappa shape index (κ2) is 19.6. The van der Waals surface area contributed by atoms with E-state index in [4.69, 9.17) is 30.9 Å². The molecule has 1 aliphatic carbocycles. The van der Waals surface area contributed by atoms with E-state index in [1.165, 1.54) is 16.5 Å². The molecule has 0 saturated carbocycles. The first-order valence-corrected chi connectivity index (χ1v) is 17.8. The van der Waals surface area contributed by atoms with Gasteiger partial charge in [0, 0.05) is 47.1 Å². The molecule has 1 atom stereocenters. The summed E-state index contributed by atoms with van der Waals surface area (Å²) < 4.78 is 16.1. The van der Waals surface area contributed by atoms with Gasteiger partial charge in [-0.2, -0.15) is 0 Å². The second-order valence-corrected chi connectivity index (χ2v) is 12.9. The maximum absolute atomic E-state index is 13.5. The zero-order valence-electron chi connectivity index (χ0n) is 29.5. The molecule has 0 unspecified atom stereocenters. The van der Waals surface area contributed by atoms with Crippen molar-refractivity contribution >= 4 is 41.0 Å². The van der Waals surface area contributed by atoms with Crippen LogP contribution in [-0.2, 0) is 25.4 Å². The average molecular weight is 743 g/mol. The lowest BCUT2D eigenvalue weighted by molar-refractivity contribution is -0.138. The molecule has 0 radical (unpaired) electrons. The van der Waals surface area contributed by atoms with Gasteiger partial charge in [-0.3, -0.25) is 24.2 Å². The number of hydrogen-bond donors (Lipinski definition) is 3. The van der Waals surface area contributed by atoms with Crippen molar-refractivity contribution in [3.63, 3.8) is 0 Å². The Morgan fingerprint density at radius 2 is 1.55 bits per heavy atom. The lowest BCUT2D eigenvalue weighted by atomic mass is 9.87. The van der Waals surface area contributed by atoms with Crippen LogP contribution in [0.3, 0.4) is 0 Å². The van der Waals surface area contributed by atoms with Crippen molar-refractivity contribution in [1.82, 2.24) is 15.2 Å². The quantitative estimate of drug-likeness (QED) is 0.103. The molecule has 0 fully saturated rings. The Hall–Kier alpha value is -5.14. The van der Waals surface area contributed by atoms with Crippen molar-refractivity contribution in [3.05, 3.63) is 118 Å². The summed E-state index contributed by atoms with van der Waals surface area (Å²) in [6.07, 6.45) is 4.35. The van der Waals surface area contributed by atoms with Crippen LogP contribution >= 0.6 is 11.6 Å². The van der Waals surface area contributed by atoms with Gasteiger partial charge < -0.3 is 34.9 Å². The Morgan fingerprint density at radius 3 is 2.34 bits per heavy atom. The second-order valence-electron chi connectivity index (χ2n) is 12.5. The van der Waals surface area contributed by atoms with Crippen LogP contribution in [0.5, 0.6) is 0 Å². The summed E-state index contributed by atoms with van der Waals surface area (Å²) in [5.74, 6) is -1.84. The lowest BCUT2D eigenvalue weighted by Crippen LogP contribution is -2.31. The molecule has 1 aliphatic rings. The minimum absolute atomic E-state index is 0.0506. The standard InChI is InChI=1S/C40H43ClN4O8/c1-45(17-19-52-21-23-53-22-20-51-18-15-37(46)47)40(50)30-9-4-8-28(24-30)38(48)44-35-13-12-31(41)26-33(35)36-25-29(14-16-42-36)39(49)43-34-11-5-7-27-6-2-3-10-32(27)34/h2-4,6,8-10,12-14,16,24-26,34H,5,7,11,15,17-23H2,1H3,(H,43,49)(H,44,48)(H,46,47)/t34-/m0/s1. The molecule has 0 aliphatic heterocycles. The third-order valence-corrected chi connectivity index (χ3v) is 8.93. The van der Waals surface area contributed by atoms with E-state index in [0.29, 0.717) is 66.1 Å². The highest BCUT2D eigenvalue weighted by atomic mass is 35.5. The molecule has 278 valence electrons. The molecule has 0 spiro atoms. The Bertz CT molecular complexity index is 1900. The zero-order chi connectivity index (χ0) is 37.6. The van der Waals surface area contributed by atoms with E-state index in [-0.39, 0.29) is 43.1 Å². The number of anilines is 1.